The zero-order chi connectivity index (χ0) is 20.9. The summed E-state index contributed by atoms with van der Waals surface area (Å²) in [5, 5.41) is 14.6. The van der Waals surface area contributed by atoms with Crippen LogP contribution in [0.2, 0.25) is 0 Å². The van der Waals surface area contributed by atoms with E-state index in [1.54, 1.807) is 25.1 Å². The molecule has 0 saturated carbocycles. The number of anilines is 1. The predicted octanol–water partition coefficient (Wildman–Crippen LogP) is 2.21. The highest BCUT2D eigenvalue weighted by Gasteiger charge is 2.20. The molecular formula is C18H20N4O5S. The van der Waals surface area contributed by atoms with E-state index in [1.807, 2.05) is 13.0 Å². The van der Waals surface area contributed by atoms with Crippen LogP contribution in [-0.4, -0.2) is 37.8 Å². The second kappa shape index (κ2) is 8.61. The fraction of sp³-hybridized carbons (Fsp3) is 0.222. The summed E-state index contributed by atoms with van der Waals surface area (Å²) >= 11 is 0. The number of carbonyl (C=O) groups is 1. The number of nitrogens with zero attached hydrogens (tertiary/aromatic N) is 3. The first kappa shape index (κ1) is 21.0. The summed E-state index contributed by atoms with van der Waals surface area (Å²) in [4.78, 5) is 22.4. The Labute approximate surface area is 162 Å². The Morgan fingerprint density at radius 3 is 2.39 bits per heavy atom. The van der Waals surface area contributed by atoms with Crippen LogP contribution in [-0.2, 0) is 14.8 Å². The second-order valence-corrected chi connectivity index (χ2v) is 8.05. The van der Waals surface area contributed by atoms with Crippen molar-refractivity contribution in [1.29, 1.82) is 0 Å². The van der Waals surface area contributed by atoms with E-state index in [0.717, 1.165) is 16.1 Å². The number of hydrazone groups is 1. The Hall–Kier alpha value is -3.27. The first-order valence-corrected chi connectivity index (χ1v) is 10.0. The highest BCUT2D eigenvalue weighted by atomic mass is 32.2. The molecule has 1 amide bonds. The van der Waals surface area contributed by atoms with Crippen LogP contribution in [0.3, 0.4) is 0 Å². The lowest BCUT2D eigenvalue weighted by atomic mass is 10.1. The van der Waals surface area contributed by atoms with E-state index in [4.69, 9.17) is 0 Å². The van der Waals surface area contributed by atoms with Crippen LogP contribution < -0.4 is 9.73 Å². The molecule has 2 rings (SSSR count). The van der Waals surface area contributed by atoms with Crippen LogP contribution in [0.1, 0.15) is 18.1 Å². The molecule has 0 aliphatic heterocycles. The average molecular weight is 404 g/mol. The molecule has 0 aliphatic rings. The van der Waals surface area contributed by atoms with Gasteiger partial charge in [0.05, 0.1) is 22.6 Å². The number of amides is 1. The van der Waals surface area contributed by atoms with Crippen LogP contribution >= 0.6 is 0 Å². The normalized spacial score (nSPS) is 11.8. The molecule has 0 radical (unpaired) electrons. The van der Waals surface area contributed by atoms with E-state index >= 15 is 0 Å². The van der Waals surface area contributed by atoms with Gasteiger partial charge in [0, 0.05) is 12.1 Å². The molecule has 148 valence electrons. The number of hydrogen-bond donors (Lipinski definition) is 1. The van der Waals surface area contributed by atoms with Gasteiger partial charge in [-0.05, 0) is 49.2 Å². The monoisotopic (exact) mass is 404 g/mol. The van der Waals surface area contributed by atoms with E-state index in [1.165, 1.54) is 24.3 Å². The zero-order valence-electron chi connectivity index (χ0n) is 15.6. The molecule has 0 aliphatic carbocycles. The number of aryl methyl sites for hydroxylation is 1. The minimum atomic E-state index is -3.67. The van der Waals surface area contributed by atoms with E-state index in [9.17, 15) is 23.3 Å². The molecule has 1 N–H and O–H groups in total. The lowest BCUT2D eigenvalue weighted by Crippen LogP contribution is -2.39. The number of nitro groups is 1. The smallest absolute Gasteiger partial charge is 0.269 e. The first-order chi connectivity index (χ1) is 13.1. The molecular weight excluding hydrogens is 384 g/mol. The Morgan fingerprint density at radius 1 is 1.21 bits per heavy atom. The Kier molecular flexibility index (Phi) is 6.47. The number of carbonyl (C=O) groups excluding carboxylic acids is 1. The zero-order valence-corrected chi connectivity index (χ0v) is 16.4. The van der Waals surface area contributed by atoms with Crippen molar-refractivity contribution >= 4 is 33.0 Å². The predicted molar refractivity (Wildman–Crippen MR) is 107 cm³/mol. The minimum absolute atomic E-state index is 0.0532. The quantitative estimate of drug-likeness (QED) is 0.431. The summed E-state index contributed by atoms with van der Waals surface area (Å²) in [5.41, 5.74) is 4.51. The Balaban J connectivity index is 2.12. The molecule has 0 bridgehead atoms. The van der Waals surface area contributed by atoms with Crippen molar-refractivity contribution in [2.75, 3.05) is 17.1 Å². The van der Waals surface area contributed by atoms with Crippen LogP contribution in [0.4, 0.5) is 11.4 Å². The number of nitro benzene ring substituents is 1. The minimum Gasteiger partial charge on any atom is -0.271 e. The topological polar surface area (TPSA) is 122 Å². The van der Waals surface area contributed by atoms with Gasteiger partial charge < -0.3 is 0 Å². The van der Waals surface area contributed by atoms with Gasteiger partial charge in [-0.1, -0.05) is 12.1 Å². The maximum atomic E-state index is 12.2. The average Bonchev–Trinajstić information content (AvgIpc) is 2.63. The summed E-state index contributed by atoms with van der Waals surface area (Å²) in [6.45, 7) is 3.01. The Morgan fingerprint density at radius 2 is 1.86 bits per heavy atom. The van der Waals surface area contributed by atoms with Crippen molar-refractivity contribution in [2.24, 2.45) is 5.10 Å². The summed E-state index contributed by atoms with van der Waals surface area (Å²) in [5.74, 6) is -0.617. The maximum Gasteiger partial charge on any atom is 0.269 e. The summed E-state index contributed by atoms with van der Waals surface area (Å²) < 4.78 is 25.2. The molecule has 0 aromatic heterocycles. The SMILES string of the molecule is C/C(=N\NC(=O)CN(c1cccc(C)c1)S(C)(=O)=O)c1ccc([N+](=O)[O-])cc1. The van der Waals surface area contributed by atoms with Crippen molar-refractivity contribution in [3.05, 3.63) is 69.8 Å². The van der Waals surface area contributed by atoms with Gasteiger partial charge in [0.25, 0.3) is 11.6 Å². The fourth-order valence-electron chi connectivity index (χ4n) is 2.38. The van der Waals surface area contributed by atoms with Crippen LogP contribution in [0, 0.1) is 17.0 Å². The van der Waals surface area contributed by atoms with Gasteiger partial charge in [-0.3, -0.25) is 19.2 Å². The number of rotatable bonds is 7. The number of benzene rings is 2. The van der Waals surface area contributed by atoms with Crippen molar-refractivity contribution in [2.45, 2.75) is 13.8 Å². The molecule has 2 aromatic carbocycles. The molecule has 10 heteroatoms. The number of hydrogen-bond acceptors (Lipinski definition) is 6. The van der Waals surface area contributed by atoms with Crippen molar-refractivity contribution < 1.29 is 18.1 Å². The van der Waals surface area contributed by atoms with Crippen LogP contribution in [0.15, 0.2) is 53.6 Å². The van der Waals surface area contributed by atoms with Gasteiger partial charge in [0.15, 0.2) is 0 Å². The highest BCUT2D eigenvalue weighted by Crippen LogP contribution is 2.18. The molecule has 28 heavy (non-hydrogen) atoms. The third kappa shape index (κ3) is 5.61. The van der Waals surface area contributed by atoms with Gasteiger partial charge in [0.2, 0.25) is 10.0 Å². The highest BCUT2D eigenvalue weighted by molar-refractivity contribution is 7.92. The van der Waals surface area contributed by atoms with Crippen molar-refractivity contribution in [3.8, 4) is 0 Å². The van der Waals surface area contributed by atoms with Gasteiger partial charge in [-0.15, -0.1) is 0 Å². The third-order valence-electron chi connectivity index (χ3n) is 3.82. The number of sulfonamides is 1. The molecule has 0 fully saturated rings. The summed E-state index contributed by atoms with van der Waals surface area (Å²) in [6, 6.07) is 12.5. The van der Waals surface area contributed by atoms with Crippen LogP contribution in [0.5, 0.6) is 0 Å². The summed E-state index contributed by atoms with van der Waals surface area (Å²) in [7, 11) is -3.67. The second-order valence-electron chi connectivity index (χ2n) is 6.14. The Bertz CT molecular complexity index is 1020. The van der Waals surface area contributed by atoms with Gasteiger partial charge in [-0.2, -0.15) is 5.10 Å². The van der Waals surface area contributed by atoms with E-state index < -0.39 is 27.4 Å². The van der Waals surface area contributed by atoms with Gasteiger partial charge >= 0.3 is 0 Å². The van der Waals surface area contributed by atoms with E-state index in [2.05, 4.69) is 10.5 Å². The van der Waals surface area contributed by atoms with Crippen LogP contribution in [0.25, 0.3) is 0 Å². The summed E-state index contributed by atoms with van der Waals surface area (Å²) in [6.07, 6.45) is 1.02. The van der Waals surface area contributed by atoms with Crippen molar-refractivity contribution in [1.82, 2.24) is 5.43 Å². The number of nitrogens with one attached hydrogen (secondary N) is 1. The first-order valence-electron chi connectivity index (χ1n) is 8.20. The molecule has 0 saturated heterocycles. The van der Waals surface area contributed by atoms with Crippen molar-refractivity contribution in [3.63, 3.8) is 0 Å². The molecule has 0 heterocycles. The molecule has 0 atom stereocenters. The van der Waals surface area contributed by atoms with Gasteiger partial charge in [0.1, 0.15) is 6.54 Å². The van der Waals surface area contributed by atoms with E-state index in [0.29, 0.717) is 17.0 Å². The lowest BCUT2D eigenvalue weighted by Gasteiger charge is -2.21. The maximum absolute atomic E-state index is 12.2. The molecule has 9 nitrogen and oxygen atoms in total. The standard InChI is InChI=1S/C18H20N4O5S/c1-13-5-4-6-17(11-13)21(28(3,26)27)12-18(23)20-19-14(2)15-7-9-16(10-8-15)22(24)25/h4-11H,12H2,1-3H3,(H,20,23)/b19-14+. The largest absolute Gasteiger partial charge is 0.271 e. The molecule has 0 unspecified atom stereocenters. The molecule has 2 aromatic rings. The number of non-ortho nitro benzene ring substituents is 1. The van der Waals surface area contributed by atoms with E-state index in [-0.39, 0.29) is 5.69 Å². The van der Waals surface area contributed by atoms with Gasteiger partial charge in [-0.25, -0.2) is 13.8 Å². The third-order valence-corrected chi connectivity index (χ3v) is 4.96. The fourth-order valence-corrected chi connectivity index (χ4v) is 3.23. The lowest BCUT2D eigenvalue weighted by molar-refractivity contribution is -0.384. The molecule has 0 spiro atoms.